The molecule has 0 unspecified atom stereocenters. The fourth-order valence-electron chi connectivity index (χ4n) is 1.67. The zero-order chi connectivity index (χ0) is 11.4. The van der Waals surface area contributed by atoms with E-state index in [0.29, 0.717) is 12.2 Å². The Hall–Kier alpha value is -1.23. The molecular weight excluding hydrogens is 192 g/mol. The molecule has 86 valence electrons. The molecule has 1 heterocycles. The highest BCUT2D eigenvalue weighted by Crippen LogP contribution is 2.25. The van der Waals surface area contributed by atoms with Crippen molar-refractivity contribution in [1.82, 2.24) is 9.78 Å². The summed E-state index contributed by atoms with van der Waals surface area (Å²) in [5.41, 5.74) is 7.54. The van der Waals surface area contributed by atoms with Crippen LogP contribution in [0.4, 0.5) is 11.5 Å². The lowest BCUT2D eigenvalue weighted by atomic mass is 10.3. The van der Waals surface area contributed by atoms with Crippen LogP contribution in [0.15, 0.2) is 0 Å². The van der Waals surface area contributed by atoms with Crippen LogP contribution in [0, 0.1) is 6.92 Å². The molecule has 0 bridgehead atoms. The number of hydrogen-bond acceptors (Lipinski definition) is 4. The number of nitrogens with zero attached hydrogens (tertiary/aromatic N) is 3. The molecule has 3 N–H and O–H groups in total. The lowest BCUT2D eigenvalue weighted by molar-refractivity contribution is 0.301. The molecule has 0 aromatic carbocycles. The van der Waals surface area contributed by atoms with Crippen LogP contribution in [-0.2, 0) is 6.54 Å². The van der Waals surface area contributed by atoms with Gasteiger partial charge >= 0.3 is 0 Å². The van der Waals surface area contributed by atoms with Crippen molar-refractivity contribution in [3.8, 4) is 0 Å². The minimum absolute atomic E-state index is 0.126. The number of hydrogen-bond donors (Lipinski definition) is 2. The molecule has 0 fully saturated rings. The molecule has 1 aromatic rings. The molecule has 5 heteroatoms. The second-order valence-corrected chi connectivity index (χ2v) is 3.44. The summed E-state index contributed by atoms with van der Waals surface area (Å²) in [5, 5.41) is 13.3. The molecular formula is C10H20N4O. The smallest absolute Gasteiger partial charge is 0.150 e. The summed E-state index contributed by atoms with van der Waals surface area (Å²) in [6, 6.07) is 0. The summed E-state index contributed by atoms with van der Waals surface area (Å²) in [5.74, 6) is 0.923. The third kappa shape index (κ3) is 2.23. The number of aromatic nitrogens is 2. The van der Waals surface area contributed by atoms with Gasteiger partial charge in [-0.15, -0.1) is 0 Å². The van der Waals surface area contributed by atoms with Gasteiger partial charge in [0.25, 0.3) is 0 Å². The Balaban J connectivity index is 3.08. The molecule has 0 aliphatic rings. The van der Waals surface area contributed by atoms with Gasteiger partial charge in [-0.3, -0.25) is 0 Å². The predicted molar refractivity (Wildman–Crippen MR) is 62.0 cm³/mol. The van der Waals surface area contributed by atoms with Crippen molar-refractivity contribution in [3.63, 3.8) is 0 Å². The molecule has 0 saturated carbocycles. The number of aryl methyl sites for hydroxylation is 2. The largest absolute Gasteiger partial charge is 0.395 e. The number of nitrogen functional groups attached to an aromatic ring is 1. The fraction of sp³-hybridized carbons (Fsp3) is 0.700. The van der Waals surface area contributed by atoms with Crippen LogP contribution in [0.5, 0.6) is 0 Å². The van der Waals surface area contributed by atoms with Crippen LogP contribution in [-0.4, -0.2) is 34.6 Å². The van der Waals surface area contributed by atoms with Crippen LogP contribution in [0.25, 0.3) is 0 Å². The third-order valence-electron chi connectivity index (χ3n) is 2.50. The number of likely N-dealkylation sites (N-methyl/N-ethyl adjacent to an activating group) is 1. The molecule has 5 nitrogen and oxygen atoms in total. The summed E-state index contributed by atoms with van der Waals surface area (Å²) in [4.78, 5) is 2.04. The van der Waals surface area contributed by atoms with Crippen LogP contribution in [0.3, 0.4) is 0 Å². The maximum Gasteiger partial charge on any atom is 0.150 e. The lowest BCUT2D eigenvalue weighted by Crippen LogP contribution is -2.29. The minimum Gasteiger partial charge on any atom is -0.395 e. The standard InChI is InChI=1S/C10H20N4O/c1-4-13(6-7-15)10-9(11)8(3)12-14(10)5-2/h15H,4-7,11H2,1-3H3. The number of aliphatic hydroxyl groups is 1. The van der Waals surface area contributed by atoms with Crippen LogP contribution < -0.4 is 10.6 Å². The van der Waals surface area contributed by atoms with E-state index in [4.69, 9.17) is 10.8 Å². The van der Waals surface area contributed by atoms with Crippen LogP contribution in [0.1, 0.15) is 19.5 Å². The summed E-state index contributed by atoms with van der Waals surface area (Å²) < 4.78 is 1.88. The van der Waals surface area contributed by atoms with Gasteiger partial charge in [0.15, 0.2) is 5.82 Å². The Morgan fingerprint density at radius 2 is 2.13 bits per heavy atom. The highest BCUT2D eigenvalue weighted by Gasteiger charge is 2.16. The number of rotatable bonds is 5. The van der Waals surface area contributed by atoms with E-state index in [0.717, 1.165) is 24.6 Å². The summed E-state index contributed by atoms with van der Waals surface area (Å²) >= 11 is 0. The van der Waals surface area contributed by atoms with Crippen LogP contribution >= 0.6 is 0 Å². The molecule has 1 rings (SSSR count). The van der Waals surface area contributed by atoms with Gasteiger partial charge in [-0.1, -0.05) is 0 Å². The molecule has 1 aromatic heterocycles. The number of nitrogens with two attached hydrogens (primary N) is 1. The Labute approximate surface area is 90.5 Å². The Bertz CT molecular complexity index is 321. The number of aliphatic hydroxyl groups excluding tert-OH is 1. The zero-order valence-corrected chi connectivity index (χ0v) is 9.69. The molecule has 0 amide bonds. The van der Waals surface area contributed by atoms with Crippen molar-refractivity contribution in [1.29, 1.82) is 0 Å². The first-order chi connectivity index (χ1) is 7.15. The van der Waals surface area contributed by atoms with E-state index in [-0.39, 0.29) is 6.61 Å². The molecule has 15 heavy (non-hydrogen) atoms. The second-order valence-electron chi connectivity index (χ2n) is 3.44. The minimum atomic E-state index is 0.126. The topological polar surface area (TPSA) is 67.3 Å². The van der Waals surface area contributed by atoms with Gasteiger partial charge in [0.05, 0.1) is 18.0 Å². The van der Waals surface area contributed by atoms with Crippen molar-refractivity contribution in [2.75, 3.05) is 30.3 Å². The molecule has 0 aliphatic heterocycles. The second kappa shape index (κ2) is 5.02. The molecule has 0 radical (unpaired) electrons. The van der Waals surface area contributed by atoms with Gasteiger partial charge in [-0.05, 0) is 20.8 Å². The van der Waals surface area contributed by atoms with E-state index in [1.807, 2.05) is 30.4 Å². The average molecular weight is 212 g/mol. The van der Waals surface area contributed by atoms with Gasteiger partial charge in [0.2, 0.25) is 0 Å². The summed E-state index contributed by atoms with van der Waals surface area (Å²) in [7, 11) is 0. The number of anilines is 2. The van der Waals surface area contributed by atoms with Gasteiger partial charge in [0.1, 0.15) is 0 Å². The van der Waals surface area contributed by atoms with Gasteiger partial charge < -0.3 is 15.7 Å². The fourth-order valence-corrected chi connectivity index (χ4v) is 1.67. The lowest BCUT2D eigenvalue weighted by Gasteiger charge is -2.23. The van der Waals surface area contributed by atoms with E-state index >= 15 is 0 Å². The molecule has 0 aliphatic carbocycles. The van der Waals surface area contributed by atoms with Crippen LogP contribution in [0.2, 0.25) is 0 Å². The average Bonchev–Trinajstić information content (AvgIpc) is 2.52. The summed E-state index contributed by atoms with van der Waals surface area (Å²) in [6.45, 7) is 8.29. The van der Waals surface area contributed by atoms with Crippen molar-refractivity contribution in [2.45, 2.75) is 27.3 Å². The highest BCUT2D eigenvalue weighted by atomic mass is 16.3. The quantitative estimate of drug-likeness (QED) is 0.750. The molecule has 0 spiro atoms. The van der Waals surface area contributed by atoms with Gasteiger partial charge in [-0.2, -0.15) is 5.10 Å². The SMILES string of the molecule is CCN(CCO)c1c(N)c(C)nn1CC. The van der Waals surface area contributed by atoms with E-state index in [2.05, 4.69) is 5.10 Å². The predicted octanol–water partition coefficient (Wildman–Crippen LogP) is 0.612. The molecule has 0 saturated heterocycles. The van der Waals surface area contributed by atoms with Crippen molar-refractivity contribution >= 4 is 11.5 Å². The summed E-state index contributed by atoms with van der Waals surface area (Å²) in [6.07, 6.45) is 0. The third-order valence-corrected chi connectivity index (χ3v) is 2.50. The van der Waals surface area contributed by atoms with Gasteiger partial charge in [-0.25, -0.2) is 4.68 Å². The first-order valence-corrected chi connectivity index (χ1v) is 5.34. The Kier molecular flexibility index (Phi) is 3.96. The first kappa shape index (κ1) is 11.8. The van der Waals surface area contributed by atoms with E-state index in [9.17, 15) is 0 Å². The molecule has 0 atom stereocenters. The Morgan fingerprint density at radius 3 is 2.60 bits per heavy atom. The normalized spacial score (nSPS) is 10.7. The van der Waals surface area contributed by atoms with E-state index in [1.54, 1.807) is 0 Å². The van der Waals surface area contributed by atoms with Crippen molar-refractivity contribution in [3.05, 3.63) is 5.69 Å². The van der Waals surface area contributed by atoms with E-state index in [1.165, 1.54) is 0 Å². The monoisotopic (exact) mass is 212 g/mol. The van der Waals surface area contributed by atoms with Gasteiger partial charge in [0, 0.05) is 19.6 Å². The van der Waals surface area contributed by atoms with E-state index < -0.39 is 0 Å². The highest BCUT2D eigenvalue weighted by molar-refractivity contribution is 5.66. The first-order valence-electron chi connectivity index (χ1n) is 5.34. The van der Waals surface area contributed by atoms with Crippen molar-refractivity contribution in [2.24, 2.45) is 0 Å². The zero-order valence-electron chi connectivity index (χ0n) is 9.69. The van der Waals surface area contributed by atoms with Crippen molar-refractivity contribution < 1.29 is 5.11 Å². The maximum atomic E-state index is 8.98. The maximum absolute atomic E-state index is 8.98. The Morgan fingerprint density at radius 1 is 1.47 bits per heavy atom.